The zero-order valence-corrected chi connectivity index (χ0v) is 15.4. The Morgan fingerprint density at radius 3 is 2.69 bits per heavy atom. The van der Waals surface area contributed by atoms with Gasteiger partial charge in [-0.2, -0.15) is 0 Å². The van der Waals surface area contributed by atoms with E-state index in [0.29, 0.717) is 50.2 Å². The van der Waals surface area contributed by atoms with Crippen LogP contribution in [0.5, 0.6) is 0 Å². The molecule has 5 nitrogen and oxygen atoms in total. The number of fused-ring (bicyclic) bond motifs is 1. The van der Waals surface area contributed by atoms with Gasteiger partial charge in [-0.3, -0.25) is 14.5 Å². The highest BCUT2D eigenvalue weighted by atomic mass is 32.2. The number of carbonyl (C=O) groups is 2. The van der Waals surface area contributed by atoms with Crippen LogP contribution >= 0.6 is 11.8 Å². The van der Waals surface area contributed by atoms with Crippen molar-refractivity contribution in [3.8, 4) is 0 Å². The Bertz CT molecular complexity index is 746. The monoisotopic (exact) mass is 375 g/mol. The predicted molar refractivity (Wildman–Crippen MR) is 101 cm³/mol. The molecule has 7 heteroatoms. The normalized spacial score (nSPS) is 23.8. The number of piperidine rings is 1. The SMILES string of the molecule is O=C1C=C2CN(CC(=O)N3CCN(c4ccccc4F)CC3)CCC2S1. The molecule has 1 unspecified atom stereocenters. The fourth-order valence-electron chi connectivity index (χ4n) is 3.85. The fourth-order valence-corrected chi connectivity index (χ4v) is 4.87. The van der Waals surface area contributed by atoms with E-state index >= 15 is 0 Å². The Morgan fingerprint density at radius 2 is 1.92 bits per heavy atom. The number of halogens is 1. The number of piperazine rings is 1. The number of nitrogens with zero attached hydrogens (tertiary/aromatic N) is 3. The van der Waals surface area contributed by atoms with Crippen LogP contribution in [0.15, 0.2) is 35.9 Å². The molecule has 0 radical (unpaired) electrons. The molecule has 3 heterocycles. The van der Waals surface area contributed by atoms with Gasteiger partial charge in [0.05, 0.1) is 12.2 Å². The van der Waals surface area contributed by atoms with Crippen LogP contribution in [0.3, 0.4) is 0 Å². The Labute approximate surface area is 156 Å². The van der Waals surface area contributed by atoms with E-state index in [-0.39, 0.29) is 16.8 Å². The highest BCUT2D eigenvalue weighted by Gasteiger charge is 2.32. The number of amides is 1. The summed E-state index contributed by atoms with van der Waals surface area (Å²) in [5, 5.41) is 0.459. The molecular formula is C19H22FN3O2S. The van der Waals surface area contributed by atoms with E-state index in [0.717, 1.165) is 18.5 Å². The molecule has 26 heavy (non-hydrogen) atoms. The Morgan fingerprint density at radius 1 is 1.15 bits per heavy atom. The van der Waals surface area contributed by atoms with E-state index in [1.165, 1.54) is 17.8 Å². The summed E-state index contributed by atoms with van der Waals surface area (Å²) in [6.45, 7) is 4.47. The van der Waals surface area contributed by atoms with Crippen LogP contribution in [0.2, 0.25) is 0 Å². The van der Waals surface area contributed by atoms with Gasteiger partial charge in [-0.15, -0.1) is 0 Å². The molecule has 1 atom stereocenters. The van der Waals surface area contributed by atoms with Crippen molar-refractivity contribution in [2.24, 2.45) is 0 Å². The van der Waals surface area contributed by atoms with Crippen LogP contribution in [0, 0.1) is 5.82 Å². The summed E-state index contributed by atoms with van der Waals surface area (Å²) in [5.74, 6) is -0.0957. The van der Waals surface area contributed by atoms with Crippen molar-refractivity contribution in [3.63, 3.8) is 0 Å². The Hall–Kier alpha value is -1.86. The number of hydrogen-bond acceptors (Lipinski definition) is 5. The molecule has 0 aliphatic carbocycles. The second-order valence-corrected chi connectivity index (χ2v) is 8.17. The molecule has 1 aromatic carbocycles. The molecule has 1 amide bonds. The minimum atomic E-state index is -0.215. The van der Waals surface area contributed by atoms with E-state index in [1.807, 2.05) is 15.9 Å². The maximum absolute atomic E-state index is 13.9. The summed E-state index contributed by atoms with van der Waals surface area (Å²) in [6.07, 6.45) is 2.66. The van der Waals surface area contributed by atoms with Gasteiger partial charge in [0.25, 0.3) is 0 Å². The molecule has 0 aromatic heterocycles. The standard InChI is InChI=1S/C19H22FN3O2S/c20-15-3-1-2-4-16(15)22-7-9-23(10-8-22)18(24)13-21-6-5-17-14(12-21)11-19(25)26-17/h1-4,11,17H,5-10,12-13H2. The lowest BCUT2D eigenvalue weighted by molar-refractivity contribution is -0.132. The summed E-state index contributed by atoms with van der Waals surface area (Å²) in [5.41, 5.74) is 1.76. The molecule has 2 saturated heterocycles. The summed E-state index contributed by atoms with van der Waals surface area (Å²) in [6, 6.07) is 6.77. The van der Waals surface area contributed by atoms with Crippen LogP contribution < -0.4 is 4.90 Å². The minimum Gasteiger partial charge on any atom is -0.366 e. The molecule has 1 aromatic rings. The number of para-hydroxylation sites is 1. The predicted octanol–water partition coefficient (Wildman–Crippen LogP) is 1.75. The lowest BCUT2D eigenvalue weighted by Crippen LogP contribution is -2.52. The van der Waals surface area contributed by atoms with Crippen molar-refractivity contribution in [2.75, 3.05) is 50.7 Å². The zero-order valence-electron chi connectivity index (χ0n) is 14.6. The van der Waals surface area contributed by atoms with E-state index in [2.05, 4.69) is 4.90 Å². The first-order chi connectivity index (χ1) is 12.6. The smallest absolute Gasteiger partial charge is 0.236 e. The maximum Gasteiger partial charge on any atom is 0.236 e. The lowest BCUT2D eigenvalue weighted by atomic mass is 10.0. The van der Waals surface area contributed by atoms with Gasteiger partial charge in [-0.25, -0.2) is 4.39 Å². The van der Waals surface area contributed by atoms with Gasteiger partial charge in [0.2, 0.25) is 11.0 Å². The molecule has 0 N–H and O–H groups in total. The topological polar surface area (TPSA) is 43.9 Å². The first-order valence-corrected chi connectivity index (χ1v) is 9.89. The van der Waals surface area contributed by atoms with Gasteiger partial charge in [0.15, 0.2) is 0 Å². The van der Waals surface area contributed by atoms with Crippen molar-refractivity contribution in [1.82, 2.24) is 9.80 Å². The third kappa shape index (κ3) is 3.64. The van der Waals surface area contributed by atoms with Crippen molar-refractivity contribution in [2.45, 2.75) is 11.7 Å². The molecule has 0 spiro atoms. The van der Waals surface area contributed by atoms with E-state index in [4.69, 9.17) is 0 Å². The van der Waals surface area contributed by atoms with Crippen LogP contribution in [0.25, 0.3) is 0 Å². The molecule has 3 aliphatic rings. The lowest BCUT2D eigenvalue weighted by Gasteiger charge is -2.38. The van der Waals surface area contributed by atoms with Gasteiger partial charge in [0.1, 0.15) is 5.82 Å². The van der Waals surface area contributed by atoms with E-state index in [1.54, 1.807) is 18.2 Å². The average molecular weight is 375 g/mol. The third-order valence-electron chi connectivity index (χ3n) is 5.27. The van der Waals surface area contributed by atoms with Gasteiger partial charge in [-0.05, 0) is 30.2 Å². The first-order valence-electron chi connectivity index (χ1n) is 9.01. The van der Waals surface area contributed by atoms with Crippen LogP contribution in [-0.4, -0.2) is 71.9 Å². The largest absolute Gasteiger partial charge is 0.366 e. The second-order valence-electron chi connectivity index (χ2n) is 6.96. The van der Waals surface area contributed by atoms with Crippen molar-refractivity contribution in [1.29, 1.82) is 0 Å². The summed E-state index contributed by atoms with van der Waals surface area (Å²) in [7, 11) is 0. The van der Waals surface area contributed by atoms with Crippen molar-refractivity contribution in [3.05, 3.63) is 41.7 Å². The van der Waals surface area contributed by atoms with E-state index < -0.39 is 0 Å². The van der Waals surface area contributed by atoms with Crippen LogP contribution in [0.1, 0.15) is 6.42 Å². The number of rotatable bonds is 3. The highest BCUT2D eigenvalue weighted by Crippen LogP contribution is 2.34. The molecule has 2 fully saturated rings. The van der Waals surface area contributed by atoms with E-state index in [9.17, 15) is 14.0 Å². The number of anilines is 1. The van der Waals surface area contributed by atoms with Gasteiger partial charge < -0.3 is 9.80 Å². The van der Waals surface area contributed by atoms with Gasteiger partial charge in [0, 0.05) is 44.5 Å². The Balaban J connectivity index is 1.29. The molecule has 4 rings (SSSR count). The average Bonchev–Trinajstić information content (AvgIpc) is 3.01. The fraction of sp³-hybridized carbons (Fsp3) is 0.474. The number of likely N-dealkylation sites (tertiary alicyclic amines) is 1. The molecule has 138 valence electrons. The minimum absolute atomic E-state index is 0.120. The Kier molecular flexibility index (Phi) is 5.00. The van der Waals surface area contributed by atoms with Gasteiger partial charge in [-0.1, -0.05) is 23.9 Å². The number of carbonyl (C=O) groups excluding carboxylic acids is 2. The highest BCUT2D eigenvalue weighted by molar-refractivity contribution is 8.15. The number of thioether (sulfide) groups is 1. The van der Waals surface area contributed by atoms with Crippen LogP contribution in [0.4, 0.5) is 10.1 Å². The van der Waals surface area contributed by atoms with Crippen LogP contribution in [-0.2, 0) is 9.59 Å². The first kappa shape index (κ1) is 17.5. The summed E-state index contributed by atoms with van der Waals surface area (Å²) in [4.78, 5) is 30.1. The summed E-state index contributed by atoms with van der Waals surface area (Å²) >= 11 is 1.41. The number of hydrogen-bond donors (Lipinski definition) is 0. The zero-order chi connectivity index (χ0) is 18.1. The maximum atomic E-state index is 13.9. The molecule has 3 aliphatic heterocycles. The number of benzene rings is 1. The molecule has 0 bridgehead atoms. The summed E-state index contributed by atoms with van der Waals surface area (Å²) < 4.78 is 13.9. The van der Waals surface area contributed by atoms with Crippen molar-refractivity contribution >= 4 is 28.5 Å². The quantitative estimate of drug-likeness (QED) is 0.805. The van der Waals surface area contributed by atoms with Gasteiger partial charge >= 0.3 is 0 Å². The molecular weight excluding hydrogens is 353 g/mol. The second kappa shape index (κ2) is 7.40. The van der Waals surface area contributed by atoms with Crippen molar-refractivity contribution < 1.29 is 14.0 Å². The molecule has 0 saturated carbocycles. The third-order valence-corrected chi connectivity index (χ3v) is 6.45.